The van der Waals surface area contributed by atoms with Crippen LogP contribution in [0.5, 0.6) is 0 Å². The van der Waals surface area contributed by atoms with E-state index in [0.29, 0.717) is 18.6 Å². The van der Waals surface area contributed by atoms with Gasteiger partial charge in [0.25, 0.3) is 0 Å². The SMILES string of the molecule is O=C(OCC[C@@H]1OCCC[C@H]1O)c1ccccc1. The second-order valence-electron chi connectivity index (χ2n) is 4.41. The fraction of sp³-hybridized carbons (Fsp3) is 0.500. The summed E-state index contributed by atoms with van der Waals surface area (Å²) in [5.41, 5.74) is 0.544. The summed E-state index contributed by atoms with van der Waals surface area (Å²) in [6.45, 7) is 0.948. The van der Waals surface area contributed by atoms with Crippen LogP contribution in [0.4, 0.5) is 0 Å². The van der Waals surface area contributed by atoms with Crippen LogP contribution in [0, 0.1) is 0 Å². The van der Waals surface area contributed by atoms with Crippen LogP contribution in [0.15, 0.2) is 30.3 Å². The second-order valence-corrected chi connectivity index (χ2v) is 4.41. The number of carbonyl (C=O) groups excluding carboxylic acids is 1. The first-order valence-electron chi connectivity index (χ1n) is 6.29. The Morgan fingerprint density at radius 2 is 2.17 bits per heavy atom. The third-order valence-corrected chi connectivity index (χ3v) is 3.05. The summed E-state index contributed by atoms with van der Waals surface area (Å²) >= 11 is 0. The van der Waals surface area contributed by atoms with Gasteiger partial charge in [-0.25, -0.2) is 4.79 Å². The van der Waals surface area contributed by atoms with Gasteiger partial charge in [0.15, 0.2) is 0 Å². The van der Waals surface area contributed by atoms with Crippen LogP contribution in [-0.4, -0.2) is 36.5 Å². The highest BCUT2D eigenvalue weighted by atomic mass is 16.5. The third-order valence-electron chi connectivity index (χ3n) is 3.05. The molecule has 0 saturated carbocycles. The van der Waals surface area contributed by atoms with Gasteiger partial charge in [-0.1, -0.05) is 18.2 Å². The van der Waals surface area contributed by atoms with Gasteiger partial charge in [-0.2, -0.15) is 0 Å². The molecule has 0 spiro atoms. The molecule has 4 heteroatoms. The molecule has 0 aromatic heterocycles. The molecule has 1 aliphatic rings. The van der Waals surface area contributed by atoms with Gasteiger partial charge >= 0.3 is 5.97 Å². The second kappa shape index (κ2) is 6.52. The van der Waals surface area contributed by atoms with E-state index in [2.05, 4.69) is 0 Å². The van der Waals surface area contributed by atoms with E-state index in [-0.39, 0.29) is 18.7 Å². The molecule has 2 rings (SSSR count). The number of hydrogen-bond acceptors (Lipinski definition) is 4. The van der Waals surface area contributed by atoms with Gasteiger partial charge in [-0.15, -0.1) is 0 Å². The van der Waals surface area contributed by atoms with Gasteiger partial charge in [0.1, 0.15) is 0 Å². The predicted octanol–water partition coefficient (Wildman–Crippen LogP) is 1.77. The monoisotopic (exact) mass is 250 g/mol. The molecule has 1 aromatic rings. The van der Waals surface area contributed by atoms with E-state index in [9.17, 15) is 9.90 Å². The summed E-state index contributed by atoms with van der Waals surface area (Å²) < 4.78 is 10.6. The number of aliphatic hydroxyl groups excluding tert-OH is 1. The van der Waals surface area contributed by atoms with E-state index in [0.717, 1.165) is 12.8 Å². The van der Waals surface area contributed by atoms with Gasteiger partial charge < -0.3 is 14.6 Å². The van der Waals surface area contributed by atoms with Crippen molar-refractivity contribution in [1.82, 2.24) is 0 Å². The van der Waals surface area contributed by atoms with Crippen molar-refractivity contribution < 1.29 is 19.4 Å². The number of ether oxygens (including phenoxy) is 2. The van der Waals surface area contributed by atoms with E-state index in [4.69, 9.17) is 9.47 Å². The standard InChI is InChI=1S/C14H18O4/c15-12-7-4-9-17-13(12)8-10-18-14(16)11-5-2-1-3-6-11/h1-3,5-6,12-13,15H,4,7-10H2/t12-,13+/m1/s1. The number of rotatable bonds is 4. The van der Waals surface area contributed by atoms with Gasteiger partial charge in [0, 0.05) is 13.0 Å². The van der Waals surface area contributed by atoms with E-state index in [1.165, 1.54) is 0 Å². The quantitative estimate of drug-likeness (QED) is 0.827. The van der Waals surface area contributed by atoms with Crippen LogP contribution in [-0.2, 0) is 9.47 Å². The minimum absolute atomic E-state index is 0.206. The molecule has 1 N–H and O–H groups in total. The summed E-state index contributed by atoms with van der Waals surface area (Å²) in [6, 6.07) is 8.88. The molecule has 1 aliphatic heterocycles. The van der Waals surface area contributed by atoms with Crippen molar-refractivity contribution in [3.05, 3.63) is 35.9 Å². The molecular weight excluding hydrogens is 232 g/mol. The smallest absolute Gasteiger partial charge is 0.338 e. The largest absolute Gasteiger partial charge is 0.462 e. The topological polar surface area (TPSA) is 55.8 Å². The molecular formula is C14H18O4. The molecule has 1 fully saturated rings. The van der Waals surface area contributed by atoms with Crippen molar-refractivity contribution in [1.29, 1.82) is 0 Å². The average molecular weight is 250 g/mol. The Bertz CT molecular complexity index is 377. The van der Waals surface area contributed by atoms with E-state index < -0.39 is 6.10 Å². The molecule has 1 heterocycles. The van der Waals surface area contributed by atoms with Crippen molar-refractivity contribution in [2.24, 2.45) is 0 Å². The molecule has 1 saturated heterocycles. The minimum atomic E-state index is -0.436. The van der Waals surface area contributed by atoms with Crippen molar-refractivity contribution in [3.63, 3.8) is 0 Å². The Balaban J connectivity index is 1.73. The number of benzene rings is 1. The minimum Gasteiger partial charge on any atom is -0.462 e. The van der Waals surface area contributed by atoms with Crippen molar-refractivity contribution in [2.75, 3.05) is 13.2 Å². The highest BCUT2D eigenvalue weighted by Crippen LogP contribution is 2.16. The summed E-state index contributed by atoms with van der Waals surface area (Å²) in [6.07, 6.45) is 1.55. The lowest BCUT2D eigenvalue weighted by molar-refractivity contribution is -0.0826. The van der Waals surface area contributed by atoms with Crippen LogP contribution < -0.4 is 0 Å². The van der Waals surface area contributed by atoms with Crippen LogP contribution in [0.25, 0.3) is 0 Å². The molecule has 98 valence electrons. The fourth-order valence-corrected chi connectivity index (χ4v) is 2.03. The Hall–Kier alpha value is -1.39. The van der Waals surface area contributed by atoms with Gasteiger partial charge in [0.05, 0.1) is 24.4 Å². The van der Waals surface area contributed by atoms with Gasteiger partial charge in [-0.05, 0) is 25.0 Å². The van der Waals surface area contributed by atoms with Crippen LogP contribution in [0.1, 0.15) is 29.6 Å². The molecule has 18 heavy (non-hydrogen) atoms. The van der Waals surface area contributed by atoms with E-state index in [1.807, 2.05) is 6.07 Å². The molecule has 0 bridgehead atoms. The highest BCUT2D eigenvalue weighted by molar-refractivity contribution is 5.89. The average Bonchev–Trinajstić information content (AvgIpc) is 2.42. The molecule has 0 radical (unpaired) electrons. The zero-order chi connectivity index (χ0) is 12.8. The molecule has 1 aromatic carbocycles. The first-order valence-corrected chi connectivity index (χ1v) is 6.29. The summed E-state index contributed by atoms with van der Waals surface area (Å²) in [5.74, 6) is -0.333. The lowest BCUT2D eigenvalue weighted by atomic mass is 10.0. The number of aliphatic hydroxyl groups is 1. The molecule has 2 atom stereocenters. The first-order chi connectivity index (χ1) is 8.77. The van der Waals surface area contributed by atoms with Crippen LogP contribution in [0.3, 0.4) is 0 Å². The Labute approximate surface area is 107 Å². The molecule has 0 amide bonds. The maximum Gasteiger partial charge on any atom is 0.338 e. The lowest BCUT2D eigenvalue weighted by Crippen LogP contribution is -2.35. The Kier molecular flexibility index (Phi) is 4.73. The number of esters is 1. The third kappa shape index (κ3) is 3.55. The molecule has 0 aliphatic carbocycles. The number of hydrogen-bond donors (Lipinski definition) is 1. The summed E-state index contributed by atoms with van der Waals surface area (Å²) in [5, 5.41) is 9.69. The van der Waals surface area contributed by atoms with Crippen molar-refractivity contribution in [3.8, 4) is 0 Å². The van der Waals surface area contributed by atoms with E-state index in [1.54, 1.807) is 24.3 Å². The lowest BCUT2D eigenvalue weighted by Gasteiger charge is -2.27. The summed E-state index contributed by atoms with van der Waals surface area (Å²) in [4.78, 5) is 11.6. The Morgan fingerprint density at radius 1 is 1.39 bits per heavy atom. The predicted molar refractivity (Wildman–Crippen MR) is 66.3 cm³/mol. The van der Waals surface area contributed by atoms with E-state index >= 15 is 0 Å². The highest BCUT2D eigenvalue weighted by Gasteiger charge is 2.23. The maximum absolute atomic E-state index is 11.6. The molecule has 0 unspecified atom stereocenters. The molecule has 4 nitrogen and oxygen atoms in total. The zero-order valence-corrected chi connectivity index (χ0v) is 10.2. The van der Waals surface area contributed by atoms with Crippen molar-refractivity contribution in [2.45, 2.75) is 31.5 Å². The Morgan fingerprint density at radius 3 is 2.89 bits per heavy atom. The van der Waals surface area contributed by atoms with Crippen LogP contribution >= 0.6 is 0 Å². The van der Waals surface area contributed by atoms with Crippen molar-refractivity contribution >= 4 is 5.97 Å². The zero-order valence-electron chi connectivity index (χ0n) is 10.2. The first kappa shape index (κ1) is 13.1. The van der Waals surface area contributed by atoms with Crippen LogP contribution in [0.2, 0.25) is 0 Å². The number of carbonyl (C=O) groups is 1. The van der Waals surface area contributed by atoms with Gasteiger partial charge in [-0.3, -0.25) is 0 Å². The van der Waals surface area contributed by atoms with Gasteiger partial charge in [0.2, 0.25) is 0 Å². The summed E-state index contributed by atoms with van der Waals surface area (Å²) in [7, 11) is 0. The normalized spacial score (nSPS) is 23.6. The maximum atomic E-state index is 11.6. The fourth-order valence-electron chi connectivity index (χ4n) is 2.03.